The summed E-state index contributed by atoms with van der Waals surface area (Å²) in [6.45, 7) is 1.82. The third kappa shape index (κ3) is 2.28. The Balaban J connectivity index is 2.74. The lowest BCUT2D eigenvalue weighted by Gasteiger charge is -2.12. The van der Waals surface area contributed by atoms with Crippen molar-refractivity contribution in [3.8, 4) is 0 Å². The molecule has 0 aliphatic heterocycles. The second kappa shape index (κ2) is 4.50. The maximum atomic E-state index is 10.9. The number of ether oxygens (including phenoxy) is 1. The Morgan fingerprint density at radius 3 is 2.71 bits per heavy atom. The van der Waals surface area contributed by atoms with Crippen LogP contribution in [-0.2, 0) is 9.53 Å². The molecular weight excluding hydrogens is 206 g/mol. The van der Waals surface area contributed by atoms with Gasteiger partial charge in [-0.25, -0.2) is 9.78 Å². The molecule has 5 nitrogen and oxygen atoms in total. The zero-order valence-electron chi connectivity index (χ0n) is 7.80. The van der Waals surface area contributed by atoms with Gasteiger partial charge in [-0.05, 0) is 6.92 Å². The molecule has 0 saturated heterocycles. The Hall–Kier alpha value is -0.980. The van der Waals surface area contributed by atoms with E-state index >= 15 is 0 Å². The van der Waals surface area contributed by atoms with Gasteiger partial charge in [0.15, 0.2) is 6.10 Å². The first-order chi connectivity index (χ1) is 6.56. The van der Waals surface area contributed by atoms with Crippen LogP contribution in [0.5, 0.6) is 0 Å². The van der Waals surface area contributed by atoms with Gasteiger partial charge in [-0.2, -0.15) is 0 Å². The molecule has 1 aromatic heterocycles. The Morgan fingerprint density at radius 2 is 2.29 bits per heavy atom. The smallest absolute Gasteiger partial charge is 0.337 e. The van der Waals surface area contributed by atoms with Crippen molar-refractivity contribution < 1.29 is 19.7 Å². The number of hydrogen-bond acceptors (Lipinski definition) is 6. The normalized spacial score (nSPS) is 14.9. The van der Waals surface area contributed by atoms with Crippen LogP contribution in [0.4, 0.5) is 0 Å². The Morgan fingerprint density at radius 1 is 1.64 bits per heavy atom. The molecule has 0 bridgehead atoms. The van der Waals surface area contributed by atoms with E-state index in [9.17, 15) is 15.0 Å². The third-order valence-corrected chi connectivity index (χ3v) is 2.62. The van der Waals surface area contributed by atoms with E-state index in [4.69, 9.17) is 0 Å². The van der Waals surface area contributed by atoms with E-state index in [1.54, 1.807) is 6.20 Å². The molecular formula is C8H11NO4S. The minimum atomic E-state index is -1.58. The second-order valence-corrected chi connectivity index (χ2v) is 3.99. The van der Waals surface area contributed by atoms with Crippen LogP contribution in [0.25, 0.3) is 0 Å². The molecule has 2 N–H and O–H groups in total. The molecule has 0 amide bonds. The van der Waals surface area contributed by atoms with Crippen molar-refractivity contribution in [2.75, 3.05) is 7.11 Å². The molecule has 0 spiro atoms. The number of thiazole rings is 1. The average molecular weight is 217 g/mol. The van der Waals surface area contributed by atoms with E-state index in [1.807, 2.05) is 6.92 Å². The van der Waals surface area contributed by atoms with Gasteiger partial charge in [0.2, 0.25) is 0 Å². The summed E-state index contributed by atoms with van der Waals surface area (Å²) in [6, 6.07) is 0. The Labute approximate surface area is 85.0 Å². The van der Waals surface area contributed by atoms with Gasteiger partial charge in [0.05, 0.1) is 7.11 Å². The molecule has 14 heavy (non-hydrogen) atoms. The molecule has 6 heteroatoms. The maximum absolute atomic E-state index is 10.9. The van der Waals surface area contributed by atoms with Gasteiger partial charge in [-0.15, -0.1) is 11.3 Å². The highest BCUT2D eigenvalue weighted by Gasteiger charge is 2.28. The van der Waals surface area contributed by atoms with Crippen LogP contribution in [0.2, 0.25) is 0 Å². The fourth-order valence-electron chi connectivity index (χ4n) is 0.894. The summed E-state index contributed by atoms with van der Waals surface area (Å²) in [7, 11) is 1.14. The largest absolute Gasteiger partial charge is 0.467 e. The number of aliphatic hydroxyl groups is 2. The summed E-state index contributed by atoms with van der Waals surface area (Å²) in [5.74, 6) is -0.870. The lowest BCUT2D eigenvalue weighted by atomic mass is 10.2. The van der Waals surface area contributed by atoms with E-state index in [-0.39, 0.29) is 0 Å². The number of methoxy groups -OCH3 is 1. The zero-order valence-corrected chi connectivity index (χ0v) is 8.61. The quantitative estimate of drug-likeness (QED) is 0.698. The van der Waals surface area contributed by atoms with Crippen LogP contribution in [-0.4, -0.2) is 34.4 Å². The number of esters is 1. The fourth-order valence-corrected chi connectivity index (χ4v) is 1.68. The molecule has 0 aromatic carbocycles. The van der Waals surface area contributed by atoms with Gasteiger partial charge in [-0.3, -0.25) is 0 Å². The predicted octanol–water partition coefficient (Wildman–Crippen LogP) is 0.0188. The molecule has 0 aliphatic carbocycles. The molecule has 1 aromatic rings. The van der Waals surface area contributed by atoms with Crippen molar-refractivity contribution in [2.24, 2.45) is 0 Å². The number of aryl methyl sites for hydroxylation is 1. The lowest BCUT2D eigenvalue weighted by Crippen LogP contribution is -2.28. The first kappa shape index (κ1) is 11.1. The zero-order chi connectivity index (χ0) is 10.7. The number of nitrogens with zero attached hydrogens (tertiary/aromatic N) is 1. The predicted molar refractivity (Wildman–Crippen MR) is 49.8 cm³/mol. The van der Waals surface area contributed by atoms with Gasteiger partial charge >= 0.3 is 5.97 Å². The summed E-state index contributed by atoms with van der Waals surface area (Å²) >= 11 is 1.22. The number of hydrogen-bond donors (Lipinski definition) is 2. The number of carbonyl (C=O) groups excluding carboxylic acids is 1. The lowest BCUT2D eigenvalue weighted by molar-refractivity contribution is -0.156. The first-order valence-electron chi connectivity index (χ1n) is 3.92. The average Bonchev–Trinajstić information content (AvgIpc) is 2.61. The SMILES string of the molecule is COC(=O)C(O)C(O)c1ncc(C)s1. The van der Waals surface area contributed by atoms with Gasteiger partial charge in [0.1, 0.15) is 11.1 Å². The van der Waals surface area contributed by atoms with Gasteiger partial charge in [-0.1, -0.05) is 0 Å². The van der Waals surface area contributed by atoms with E-state index < -0.39 is 18.2 Å². The van der Waals surface area contributed by atoms with E-state index in [0.29, 0.717) is 5.01 Å². The minimum absolute atomic E-state index is 0.306. The highest BCUT2D eigenvalue weighted by Crippen LogP contribution is 2.22. The molecule has 0 radical (unpaired) electrons. The topological polar surface area (TPSA) is 79.7 Å². The van der Waals surface area contributed by atoms with Crippen molar-refractivity contribution >= 4 is 17.3 Å². The summed E-state index contributed by atoms with van der Waals surface area (Å²) in [5.41, 5.74) is 0. The molecule has 1 rings (SSSR count). The van der Waals surface area contributed by atoms with Crippen molar-refractivity contribution in [1.29, 1.82) is 0 Å². The molecule has 1 heterocycles. The third-order valence-electron chi connectivity index (χ3n) is 1.63. The van der Waals surface area contributed by atoms with Crippen LogP contribution in [0.3, 0.4) is 0 Å². The maximum Gasteiger partial charge on any atom is 0.337 e. The van der Waals surface area contributed by atoms with E-state index in [1.165, 1.54) is 11.3 Å². The highest BCUT2D eigenvalue weighted by atomic mass is 32.1. The number of carbonyl (C=O) groups is 1. The summed E-state index contributed by atoms with van der Waals surface area (Å²) in [5, 5.41) is 19.1. The van der Waals surface area contributed by atoms with Crippen molar-refractivity contribution in [2.45, 2.75) is 19.1 Å². The van der Waals surface area contributed by atoms with Gasteiger partial charge < -0.3 is 14.9 Å². The van der Waals surface area contributed by atoms with Crippen molar-refractivity contribution in [3.05, 3.63) is 16.1 Å². The van der Waals surface area contributed by atoms with E-state index in [0.717, 1.165) is 12.0 Å². The van der Waals surface area contributed by atoms with Crippen molar-refractivity contribution in [3.63, 3.8) is 0 Å². The Kier molecular flexibility index (Phi) is 3.56. The fraction of sp³-hybridized carbons (Fsp3) is 0.500. The molecule has 2 unspecified atom stereocenters. The monoisotopic (exact) mass is 217 g/mol. The summed E-state index contributed by atoms with van der Waals surface area (Å²) < 4.78 is 4.29. The standard InChI is InChI=1S/C8H11NO4S/c1-4-3-9-7(14-4)5(10)6(11)8(12)13-2/h3,5-6,10-11H,1-2H3. The molecule has 0 fully saturated rings. The number of aliphatic hydroxyl groups excluding tert-OH is 2. The van der Waals surface area contributed by atoms with Crippen LogP contribution >= 0.6 is 11.3 Å². The molecule has 78 valence electrons. The number of rotatable bonds is 3. The first-order valence-corrected chi connectivity index (χ1v) is 4.74. The minimum Gasteiger partial charge on any atom is -0.467 e. The molecule has 0 saturated carbocycles. The number of aromatic nitrogens is 1. The van der Waals surface area contributed by atoms with Crippen LogP contribution in [0.15, 0.2) is 6.20 Å². The second-order valence-electron chi connectivity index (χ2n) is 2.72. The van der Waals surface area contributed by atoms with E-state index in [2.05, 4.69) is 9.72 Å². The van der Waals surface area contributed by atoms with Crippen LogP contribution in [0.1, 0.15) is 16.0 Å². The summed E-state index contributed by atoms with van der Waals surface area (Å²) in [6.07, 6.45) is -1.33. The Bertz CT molecular complexity index is 325. The van der Waals surface area contributed by atoms with Gasteiger partial charge in [0.25, 0.3) is 0 Å². The van der Waals surface area contributed by atoms with Gasteiger partial charge in [0, 0.05) is 11.1 Å². The van der Waals surface area contributed by atoms with Crippen molar-refractivity contribution in [1.82, 2.24) is 4.98 Å². The molecule has 0 aliphatic rings. The highest BCUT2D eigenvalue weighted by molar-refractivity contribution is 7.11. The van der Waals surface area contributed by atoms with Crippen LogP contribution in [0, 0.1) is 6.92 Å². The van der Waals surface area contributed by atoms with Crippen LogP contribution < -0.4 is 0 Å². The molecule has 2 atom stereocenters. The summed E-state index contributed by atoms with van der Waals surface area (Å²) in [4.78, 5) is 15.6.